The Morgan fingerprint density at radius 1 is 1.55 bits per heavy atom. The van der Waals surface area contributed by atoms with Crippen LogP contribution in [0.5, 0.6) is 0 Å². The van der Waals surface area contributed by atoms with E-state index in [0.29, 0.717) is 0 Å². The van der Waals surface area contributed by atoms with Crippen LogP contribution in [0.4, 0.5) is 0 Å². The van der Waals surface area contributed by atoms with E-state index >= 15 is 0 Å². The van der Waals surface area contributed by atoms with Gasteiger partial charge in [0.05, 0.1) is 12.3 Å². The van der Waals surface area contributed by atoms with Gasteiger partial charge in [-0.15, -0.1) is 0 Å². The summed E-state index contributed by atoms with van der Waals surface area (Å²) < 4.78 is 20.6. The van der Waals surface area contributed by atoms with Gasteiger partial charge in [0.1, 0.15) is 0 Å². The fourth-order valence-electron chi connectivity index (χ4n) is 0.339. The van der Waals surface area contributed by atoms with Crippen LogP contribution in [0.1, 0.15) is 0 Å². The Morgan fingerprint density at radius 3 is 2.45 bits per heavy atom. The lowest BCUT2D eigenvalue weighted by molar-refractivity contribution is 0.597. The summed E-state index contributed by atoms with van der Waals surface area (Å²) in [5, 5.41) is 4.67. The number of hydrogen-bond donors (Lipinski definition) is 4. The zero-order valence-electron chi connectivity index (χ0n) is 5.82. The molecule has 0 amide bonds. The molecule has 8 heteroatoms. The van der Waals surface area contributed by atoms with Crippen molar-refractivity contribution >= 4 is 16.0 Å². The molecule has 0 aliphatic carbocycles. The van der Waals surface area contributed by atoms with E-state index in [1.54, 1.807) is 0 Å². The molecule has 0 fully saturated rings. The van der Waals surface area contributed by atoms with Crippen molar-refractivity contribution in [2.75, 3.05) is 12.3 Å². The molecule has 0 unspecified atom stereocenters. The molecule has 7 N–H and O–H groups in total. The molecule has 7 nitrogen and oxygen atoms in total. The minimum absolute atomic E-state index is 0.00880. The molecule has 0 spiro atoms. The SMILES string of the molecule is NNC(N)=NCCS(N)(=O)=O. The average Bonchev–Trinajstić information content (AvgIpc) is 1.85. The Bertz CT molecular complexity index is 232. The van der Waals surface area contributed by atoms with E-state index < -0.39 is 10.0 Å². The van der Waals surface area contributed by atoms with Crippen molar-refractivity contribution in [1.82, 2.24) is 5.43 Å². The van der Waals surface area contributed by atoms with Gasteiger partial charge in [0, 0.05) is 0 Å². The van der Waals surface area contributed by atoms with Crippen LogP contribution < -0.4 is 22.1 Å². The first-order valence-electron chi connectivity index (χ1n) is 2.72. The minimum atomic E-state index is -3.46. The molecule has 0 aromatic carbocycles. The summed E-state index contributed by atoms with van der Waals surface area (Å²) in [5.74, 6) is 4.57. The normalized spacial score (nSPS) is 13.1. The second-order valence-corrected chi connectivity index (χ2v) is 3.51. The first kappa shape index (κ1) is 10.1. The van der Waals surface area contributed by atoms with Crippen LogP contribution in [0.2, 0.25) is 0 Å². The predicted octanol–water partition coefficient (Wildman–Crippen LogP) is -2.95. The highest BCUT2D eigenvalue weighted by Gasteiger charge is 1.99. The highest BCUT2D eigenvalue weighted by molar-refractivity contribution is 7.89. The maximum Gasteiger partial charge on any atom is 0.210 e. The van der Waals surface area contributed by atoms with E-state index in [0.717, 1.165) is 0 Å². The van der Waals surface area contributed by atoms with Gasteiger partial charge in [-0.3, -0.25) is 10.4 Å². The number of primary sulfonamides is 1. The smallest absolute Gasteiger partial charge is 0.210 e. The largest absolute Gasteiger partial charge is 0.369 e. The molecule has 0 saturated carbocycles. The maximum absolute atomic E-state index is 10.3. The molecular weight excluding hydrogens is 170 g/mol. The lowest BCUT2D eigenvalue weighted by Crippen LogP contribution is -2.37. The molecule has 0 rings (SSSR count). The lowest BCUT2D eigenvalue weighted by atomic mass is 10.8. The van der Waals surface area contributed by atoms with Gasteiger partial charge in [0.15, 0.2) is 0 Å². The van der Waals surface area contributed by atoms with Crippen LogP contribution in [0, 0.1) is 0 Å². The van der Waals surface area contributed by atoms with Crippen molar-refractivity contribution in [3.05, 3.63) is 0 Å². The van der Waals surface area contributed by atoms with Crippen molar-refractivity contribution in [3.8, 4) is 0 Å². The molecule has 66 valence electrons. The van der Waals surface area contributed by atoms with E-state index in [9.17, 15) is 8.42 Å². The van der Waals surface area contributed by atoms with Crippen LogP contribution in [0.3, 0.4) is 0 Å². The lowest BCUT2D eigenvalue weighted by Gasteiger charge is -1.96. The fourth-order valence-corrected chi connectivity index (χ4v) is 0.685. The number of rotatable bonds is 3. The van der Waals surface area contributed by atoms with Gasteiger partial charge in [0.2, 0.25) is 16.0 Å². The van der Waals surface area contributed by atoms with Crippen molar-refractivity contribution in [2.24, 2.45) is 21.7 Å². The highest BCUT2D eigenvalue weighted by atomic mass is 32.2. The number of hydrazine groups is 1. The van der Waals surface area contributed by atoms with E-state index in [1.165, 1.54) is 0 Å². The van der Waals surface area contributed by atoms with Gasteiger partial charge in [-0.1, -0.05) is 0 Å². The number of nitrogens with one attached hydrogen (secondary N) is 1. The van der Waals surface area contributed by atoms with Crippen molar-refractivity contribution in [1.29, 1.82) is 0 Å². The summed E-state index contributed by atoms with van der Waals surface area (Å²) in [6.45, 7) is 0.00880. The molecule has 0 atom stereocenters. The molecule has 0 radical (unpaired) electrons. The zero-order chi connectivity index (χ0) is 8.91. The quantitative estimate of drug-likeness (QED) is 0.160. The predicted molar refractivity (Wildman–Crippen MR) is 41.8 cm³/mol. The van der Waals surface area contributed by atoms with E-state index in [-0.39, 0.29) is 18.3 Å². The first-order chi connectivity index (χ1) is 4.95. The molecule has 0 heterocycles. The molecule has 11 heavy (non-hydrogen) atoms. The number of aliphatic imine (C=N–C) groups is 1. The van der Waals surface area contributed by atoms with Crippen LogP contribution >= 0.6 is 0 Å². The molecule has 0 aliphatic heterocycles. The maximum atomic E-state index is 10.3. The Balaban J connectivity index is 3.75. The third kappa shape index (κ3) is 7.03. The van der Waals surface area contributed by atoms with Gasteiger partial charge < -0.3 is 5.73 Å². The zero-order valence-corrected chi connectivity index (χ0v) is 6.63. The Morgan fingerprint density at radius 2 is 2.09 bits per heavy atom. The highest BCUT2D eigenvalue weighted by Crippen LogP contribution is 1.77. The van der Waals surface area contributed by atoms with Crippen LogP contribution in [0.25, 0.3) is 0 Å². The van der Waals surface area contributed by atoms with E-state index in [2.05, 4.69) is 10.1 Å². The minimum Gasteiger partial charge on any atom is -0.369 e. The number of guanidine groups is 1. The molecule has 0 bridgehead atoms. The Labute approximate surface area is 64.7 Å². The van der Waals surface area contributed by atoms with Gasteiger partial charge in [-0.2, -0.15) is 0 Å². The van der Waals surface area contributed by atoms with Crippen molar-refractivity contribution < 1.29 is 8.42 Å². The first-order valence-corrected chi connectivity index (χ1v) is 4.44. The standard InChI is InChI=1S/C3H11N5O2S/c4-3(8-5)7-1-2-11(6,9)10/h1-2,5H2,(H3,4,7,8)(H2,6,9,10). The number of nitrogens with zero attached hydrogens (tertiary/aromatic N) is 1. The van der Waals surface area contributed by atoms with Crippen molar-refractivity contribution in [3.63, 3.8) is 0 Å². The van der Waals surface area contributed by atoms with Crippen LogP contribution in [-0.4, -0.2) is 26.7 Å². The number of sulfonamides is 1. The Hall–Kier alpha value is -0.860. The average molecular weight is 181 g/mol. The van der Waals surface area contributed by atoms with E-state index in [1.807, 2.05) is 5.43 Å². The summed E-state index contributed by atoms with van der Waals surface area (Å²) in [4.78, 5) is 3.53. The monoisotopic (exact) mass is 181 g/mol. The van der Waals surface area contributed by atoms with Gasteiger partial charge in [0.25, 0.3) is 0 Å². The summed E-state index contributed by atoms with van der Waals surface area (Å²) in [7, 11) is -3.46. The third-order valence-corrected chi connectivity index (χ3v) is 1.56. The molecule has 0 saturated heterocycles. The van der Waals surface area contributed by atoms with Crippen molar-refractivity contribution in [2.45, 2.75) is 0 Å². The second kappa shape index (κ2) is 4.11. The second-order valence-electron chi connectivity index (χ2n) is 1.78. The topological polar surface area (TPSA) is 137 Å². The number of nitrogens with two attached hydrogens (primary N) is 3. The summed E-state index contributed by atoms with van der Waals surface area (Å²) in [6, 6.07) is 0. The molecule has 0 aliphatic rings. The van der Waals surface area contributed by atoms with E-state index in [4.69, 9.17) is 11.6 Å². The summed E-state index contributed by atoms with van der Waals surface area (Å²) >= 11 is 0. The molecule has 0 aromatic rings. The molecular formula is C3H11N5O2S. The summed E-state index contributed by atoms with van der Waals surface area (Å²) in [6.07, 6.45) is 0. The third-order valence-electron chi connectivity index (χ3n) is 0.806. The van der Waals surface area contributed by atoms with Crippen LogP contribution in [0.15, 0.2) is 4.99 Å². The number of hydrogen-bond acceptors (Lipinski definition) is 4. The van der Waals surface area contributed by atoms with Crippen LogP contribution in [-0.2, 0) is 10.0 Å². The molecule has 0 aromatic heterocycles. The Kier molecular flexibility index (Phi) is 3.79. The van der Waals surface area contributed by atoms with Gasteiger partial charge >= 0.3 is 0 Å². The van der Waals surface area contributed by atoms with Gasteiger partial charge in [-0.05, 0) is 0 Å². The summed E-state index contributed by atoms with van der Waals surface area (Å²) in [5.41, 5.74) is 7.12. The fraction of sp³-hybridized carbons (Fsp3) is 0.667. The van der Waals surface area contributed by atoms with Gasteiger partial charge in [-0.25, -0.2) is 19.4 Å².